The second-order valence-corrected chi connectivity index (χ2v) is 8.75. The average molecular weight is 401 g/mol. The van der Waals surface area contributed by atoms with Gasteiger partial charge in [-0.15, -0.1) is 0 Å². The first-order chi connectivity index (χ1) is 12.8. The highest BCUT2D eigenvalue weighted by molar-refractivity contribution is 7.89. The van der Waals surface area contributed by atoms with Gasteiger partial charge in [0.15, 0.2) is 5.96 Å². The number of aliphatic imine (C=N–C) groups is 1. The summed E-state index contributed by atoms with van der Waals surface area (Å²) in [6.45, 7) is 5.23. The number of rotatable bonds is 7. The van der Waals surface area contributed by atoms with Crippen LogP contribution in [0.5, 0.6) is 0 Å². The van der Waals surface area contributed by atoms with Crippen LogP contribution in [0.2, 0.25) is 0 Å². The second-order valence-electron chi connectivity index (χ2n) is 6.66. The van der Waals surface area contributed by atoms with Crippen molar-refractivity contribution in [3.8, 4) is 0 Å². The Kier molecular flexibility index (Phi) is 8.00. The van der Waals surface area contributed by atoms with Crippen LogP contribution < -0.4 is 10.6 Å². The molecule has 1 saturated heterocycles. The van der Waals surface area contributed by atoms with E-state index in [2.05, 4.69) is 15.6 Å². The molecule has 152 valence electrons. The standard InChI is InChI=1S/C18H29FN4O3S/c1-14-12-23(13-15(2)26-14)27(24,25)11-10-22-18(20-3)21-9-8-16-6-4-5-7-17(16)19/h4-7,14-15H,8-13H2,1-3H3,(H2,20,21,22). The Morgan fingerprint density at radius 1 is 1.22 bits per heavy atom. The zero-order valence-corrected chi connectivity index (χ0v) is 16.9. The summed E-state index contributed by atoms with van der Waals surface area (Å²) in [4.78, 5) is 4.07. The molecule has 1 aliphatic heterocycles. The zero-order valence-electron chi connectivity index (χ0n) is 16.1. The summed E-state index contributed by atoms with van der Waals surface area (Å²) in [5.74, 6) is 0.230. The van der Waals surface area contributed by atoms with Gasteiger partial charge in [0.05, 0.1) is 18.0 Å². The van der Waals surface area contributed by atoms with Crippen LogP contribution in [-0.2, 0) is 21.2 Å². The lowest BCUT2D eigenvalue weighted by atomic mass is 10.1. The number of nitrogens with one attached hydrogen (secondary N) is 2. The quantitative estimate of drug-likeness (QED) is 0.527. The molecule has 2 rings (SSSR count). The number of guanidine groups is 1. The van der Waals surface area contributed by atoms with Gasteiger partial charge in [0, 0.05) is 33.2 Å². The smallest absolute Gasteiger partial charge is 0.216 e. The maximum absolute atomic E-state index is 13.6. The molecule has 9 heteroatoms. The lowest BCUT2D eigenvalue weighted by Gasteiger charge is -2.34. The van der Waals surface area contributed by atoms with Gasteiger partial charge in [-0.3, -0.25) is 4.99 Å². The lowest BCUT2D eigenvalue weighted by molar-refractivity contribution is -0.0440. The van der Waals surface area contributed by atoms with Crippen molar-refractivity contribution in [1.29, 1.82) is 0 Å². The number of benzene rings is 1. The van der Waals surface area contributed by atoms with Gasteiger partial charge < -0.3 is 15.4 Å². The minimum Gasteiger partial charge on any atom is -0.373 e. The van der Waals surface area contributed by atoms with Gasteiger partial charge in [0.2, 0.25) is 10.0 Å². The van der Waals surface area contributed by atoms with E-state index in [1.165, 1.54) is 10.4 Å². The molecule has 2 atom stereocenters. The first-order valence-electron chi connectivity index (χ1n) is 9.13. The molecule has 2 N–H and O–H groups in total. The third-order valence-corrected chi connectivity index (χ3v) is 6.11. The summed E-state index contributed by atoms with van der Waals surface area (Å²) in [6.07, 6.45) is 0.295. The molecule has 0 saturated carbocycles. The molecule has 1 aromatic rings. The molecule has 1 heterocycles. The number of halogens is 1. The summed E-state index contributed by atoms with van der Waals surface area (Å²) < 4.78 is 45.7. The van der Waals surface area contributed by atoms with E-state index in [0.29, 0.717) is 37.6 Å². The van der Waals surface area contributed by atoms with E-state index in [1.54, 1.807) is 25.2 Å². The van der Waals surface area contributed by atoms with Crippen LogP contribution in [-0.4, -0.2) is 69.9 Å². The van der Waals surface area contributed by atoms with Gasteiger partial charge >= 0.3 is 0 Å². The van der Waals surface area contributed by atoms with Crippen LogP contribution in [0.3, 0.4) is 0 Å². The molecular weight excluding hydrogens is 371 g/mol. The van der Waals surface area contributed by atoms with Crippen LogP contribution >= 0.6 is 0 Å². The van der Waals surface area contributed by atoms with Crippen molar-refractivity contribution < 1.29 is 17.5 Å². The minimum absolute atomic E-state index is 0.0273. The highest BCUT2D eigenvalue weighted by atomic mass is 32.2. The number of ether oxygens (including phenoxy) is 1. The molecule has 27 heavy (non-hydrogen) atoms. The zero-order chi connectivity index (χ0) is 19.9. The van der Waals surface area contributed by atoms with Crippen molar-refractivity contribution in [3.05, 3.63) is 35.6 Å². The van der Waals surface area contributed by atoms with Crippen LogP contribution in [0.1, 0.15) is 19.4 Å². The van der Waals surface area contributed by atoms with Crippen molar-refractivity contribution in [2.45, 2.75) is 32.5 Å². The summed E-state index contributed by atoms with van der Waals surface area (Å²) in [7, 11) is -1.75. The number of sulfonamides is 1. The molecule has 2 unspecified atom stereocenters. The number of hydrogen-bond acceptors (Lipinski definition) is 4. The Hall–Kier alpha value is -1.71. The summed E-state index contributed by atoms with van der Waals surface area (Å²) in [5, 5.41) is 6.06. The highest BCUT2D eigenvalue weighted by Gasteiger charge is 2.30. The summed E-state index contributed by atoms with van der Waals surface area (Å²) >= 11 is 0. The maximum atomic E-state index is 13.6. The van der Waals surface area contributed by atoms with Crippen LogP contribution in [0.25, 0.3) is 0 Å². The molecule has 0 amide bonds. The van der Waals surface area contributed by atoms with E-state index in [1.807, 2.05) is 13.8 Å². The SMILES string of the molecule is CN=C(NCCc1ccccc1F)NCCS(=O)(=O)N1CC(C)OC(C)C1. The molecule has 0 aromatic heterocycles. The first-order valence-corrected chi connectivity index (χ1v) is 10.7. The molecule has 7 nitrogen and oxygen atoms in total. The minimum atomic E-state index is -3.36. The van der Waals surface area contributed by atoms with E-state index in [4.69, 9.17) is 4.74 Å². The molecule has 1 aromatic carbocycles. The van der Waals surface area contributed by atoms with Crippen LogP contribution in [0.4, 0.5) is 4.39 Å². The molecule has 0 spiro atoms. The van der Waals surface area contributed by atoms with E-state index >= 15 is 0 Å². The van der Waals surface area contributed by atoms with Gasteiger partial charge in [0.25, 0.3) is 0 Å². The monoisotopic (exact) mass is 400 g/mol. The van der Waals surface area contributed by atoms with Gasteiger partial charge in [-0.25, -0.2) is 12.8 Å². The molecule has 0 aliphatic carbocycles. The topological polar surface area (TPSA) is 83.0 Å². The van der Waals surface area contributed by atoms with Crippen LogP contribution in [0.15, 0.2) is 29.3 Å². The van der Waals surface area contributed by atoms with E-state index in [9.17, 15) is 12.8 Å². The average Bonchev–Trinajstić information content (AvgIpc) is 2.61. The van der Waals surface area contributed by atoms with Crippen molar-refractivity contribution in [2.75, 3.05) is 39.0 Å². The third-order valence-electron chi connectivity index (χ3n) is 4.30. The van der Waals surface area contributed by atoms with Crippen molar-refractivity contribution in [3.63, 3.8) is 0 Å². The lowest BCUT2D eigenvalue weighted by Crippen LogP contribution is -2.50. The molecule has 0 radical (unpaired) electrons. The van der Waals surface area contributed by atoms with E-state index < -0.39 is 10.0 Å². The predicted octanol–water partition coefficient (Wildman–Crippen LogP) is 0.972. The summed E-state index contributed by atoms with van der Waals surface area (Å²) in [5.41, 5.74) is 0.624. The first kappa shape index (κ1) is 21.6. The van der Waals surface area contributed by atoms with Gasteiger partial charge in [-0.2, -0.15) is 4.31 Å². The van der Waals surface area contributed by atoms with Crippen molar-refractivity contribution in [1.82, 2.24) is 14.9 Å². The van der Waals surface area contributed by atoms with Crippen molar-refractivity contribution in [2.24, 2.45) is 4.99 Å². The number of hydrogen-bond donors (Lipinski definition) is 2. The third kappa shape index (κ3) is 6.75. The largest absolute Gasteiger partial charge is 0.373 e. The molecular formula is C18H29FN4O3S. The fourth-order valence-corrected chi connectivity index (χ4v) is 4.51. The molecule has 1 aliphatic rings. The highest BCUT2D eigenvalue weighted by Crippen LogP contribution is 2.14. The molecule has 0 bridgehead atoms. The fourth-order valence-electron chi connectivity index (χ4n) is 3.02. The predicted molar refractivity (Wildman–Crippen MR) is 105 cm³/mol. The normalized spacial score (nSPS) is 21.9. The Bertz CT molecular complexity index is 732. The Morgan fingerprint density at radius 3 is 2.48 bits per heavy atom. The number of morpholine rings is 1. The Labute approximate surface area is 161 Å². The van der Waals surface area contributed by atoms with Gasteiger partial charge in [-0.05, 0) is 31.9 Å². The van der Waals surface area contributed by atoms with Crippen LogP contribution in [0, 0.1) is 5.82 Å². The maximum Gasteiger partial charge on any atom is 0.216 e. The Morgan fingerprint density at radius 2 is 1.85 bits per heavy atom. The van der Waals surface area contributed by atoms with Crippen molar-refractivity contribution >= 4 is 16.0 Å². The fraction of sp³-hybridized carbons (Fsp3) is 0.611. The summed E-state index contributed by atoms with van der Waals surface area (Å²) in [6, 6.07) is 6.62. The van der Waals surface area contributed by atoms with Gasteiger partial charge in [0.1, 0.15) is 5.82 Å². The van der Waals surface area contributed by atoms with Gasteiger partial charge in [-0.1, -0.05) is 18.2 Å². The second kappa shape index (κ2) is 10.0. The van der Waals surface area contributed by atoms with E-state index in [-0.39, 0.29) is 30.3 Å². The van der Waals surface area contributed by atoms with E-state index in [0.717, 1.165) is 0 Å². The molecule has 1 fully saturated rings. The number of nitrogens with zero attached hydrogens (tertiary/aromatic N) is 2. The Balaban J connectivity index is 1.76.